The maximum absolute atomic E-state index is 12.6. The van der Waals surface area contributed by atoms with Crippen molar-refractivity contribution in [2.75, 3.05) is 13.1 Å². The van der Waals surface area contributed by atoms with Crippen LogP contribution in [-0.4, -0.2) is 47.1 Å². The van der Waals surface area contributed by atoms with Crippen LogP contribution >= 0.6 is 0 Å². The summed E-state index contributed by atoms with van der Waals surface area (Å²) in [5.74, 6) is -1.04. The van der Waals surface area contributed by atoms with E-state index in [-0.39, 0.29) is 22.4 Å². The molecule has 0 spiro atoms. The Hall–Kier alpha value is -1.41. The van der Waals surface area contributed by atoms with Gasteiger partial charge in [-0.25, -0.2) is 13.2 Å². The summed E-state index contributed by atoms with van der Waals surface area (Å²) in [6.45, 7) is 8.31. The maximum atomic E-state index is 12.6. The van der Waals surface area contributed by atoms with Gasteiger partial charge >= 0.3 is 5.97 Å². The Balaban J connectivity index is 3.21. The monoisotopic (exact) mass is 303 g/mol. The molecule has 0 unspecified atom stereocenters. The van der Waals surface area contributed by atoms with Crippen LogP contribution in [0.5, 0.6) is 0 Å². The largest absolute Gasteiger partial charge is 0.478 e. The summed E-state index contributed by atoms with van der Waals surface area (Å²) in [6, 6.07) is 0. The summed E-state index contributed by atoms with van der Waals surface area (Å²) in [5, 5.41) is 14.5. The quantitative estimate of drug-likeness (QED) is 0.792. The van der Waals surface area contributed by atoms with Crippen LogP contribution in [0.2, 0.25) is 0 Å². The van der Waals surface area contributed by atoms with Gasteiger partial charge in [0.05, 0.1) is 6.20 Å². The molecular formula is C12H21N3O4S. The molecule has 0 fully saturated rings. The number of carboxylic acids is 1. The van der Waals surface area contributed by atoms with E-state index in [1.165, 1.54) is 4.31 Å². The molecule has 114 valence electrons. The number of aromatic amines is 1. The summed E-state index contributed by atoms with van der Waals surface area (Å²) in [7, 11) is -3.89. The van der Waals surface area contributed by atoms with Gasteiger partial charge in [0, 0.05) is 13.1 Å². The van der Waals surface area contributed by atoms with E-state index in [0.717, 1.165) is 6.20 Å². The summed E-state index contributed by atoms with van der Waals surface area (Å²) in [6.07, 6.45) is 1.01. The fourth-order valence-corrected chi connectivity index (χ4v) is 3.67. The van der Waals surface area contributed by atoms with Gasteiger partial charge in [0.15, 0.2) is 5.03 Å². The molecule has 0 aliphatic heterocycles. The summed E-state index contributed by atoms with van der Waals surface area (Å²) < 4.78 is 26.5. The Morgan fingerprint density at radius 2 is 1.80 bits per heavy atom. The van der Waals surface area contributed by atoms with E-state index in [4.69, 9.17) is 5.11 Å². The van der Waals surface area contributed by atoms with Crippen LogP contribution in [0.25, 0.3) is 0 Å². The van der Waals surface area contributed by atoms with Crippen molar-refractivity contribution in [2.24, 2.45) is 11.8 Å². The topological polar surface area (TPSA) is 103 Å². The average Bonchev–Trinajstić information content (AvgIpc) is 2.76. The first kappa shape index (κ1) is 16.6. The van der Waals surface area contributed by atoms with Crippen molar-refractivity contribution in [3.8, 4) is 0 Å². The van der Waals surface area contributed by atoms with E-state index in [9.17, 15) is 13.2 Å². The predicted octanol–water partition coefficient (Wildman–Crippen LogP) is 1.41. The Kier molecular flexibility index (Phi) is 5.29. The van der Waals surface area contributed by atoms with Crippen molar-refractivity contribution in [1.82, 2.24) is 14.5 Å². The van der Waals surface area contributed by atoms with Gasteiger partial charge in [-0.15, -0.1) is 0 Å². The first-order valence-electron chi connectivity index (χ1n) is 6.43. The lowest BCUT2D eigenvalue weighted by Crippen LogP contribution is -2.37. The second kappa shape index (κ2) is 6.36. The van der Waals surface area contributed by atoms with Crippen molar-refractivity contribution >= 4 is 16.0 Å². The SMILES string of the molecule is CC(C)CN(CC(C)C)S(=O)(=O)c1[nH]ncc1C(=O)O. The lowest BCUT2D eigenvalue weighted by Gasteiger charge is -2.25. The highest BCUT2D eigenvalue weighted by atomic mass is 32.2. The highest BCUT2D eigenvalue weighted by Gasteiger charge is 2.31. The molecule has 0 amide bonds. The van der Waals surface area contributed by atoms with Gasteiger partial charge in [-0.2, -0.15) is 9.40 Å². The Morgan fingerprint density at radius 1 is 1.30 bits per heavy atom. The number of nitrogens with zero attached hydrogens (tertiary/aromatic N) is 2. The van der Waals surface area contributed by atoms with Crippen molar-refractivity contribution in [3.05, 3.63) is 11.8 Å². The van der Waals surface area contributed by atoms with Gasteiger partial charge in [0.1, 0.15) is 5.56 Å². The molecule has 0 aromatic carbocycles. The van der Waals surface area contributed by atoms with E-state index in [0.29, 0.717) is 13.1 Å². The number of nitrogens with one attached hydrogen (secondary N) is 1. The van der Waals surface area contributed by atoms with Crippen LogP contribution < -0.4 is 0 Å². The molecule has 8 heteroatoms. The van der Waals surface area contributed by atoms with Crippen LogP contribution in [0.1, 0.15) is 38.1 Å². The number of hydrogen-bond acceptors (Lipinski definition) is 4. The van der Waals surface area contributed by atoms with Gasteiger partial charge in [-0.1, -0.05) is 27.7 Å². The van der Waals surface area contributed by atoms with E-state index in [1.807, 2.05) is 27.7 Å². The fraction of sp³-hybridized carbons (Fsp3) is 0.667. The molecular weight excluding hydrogens is 282 g/mol. The third-order valence-corrected chi connectivity index (χ3v) is 4.38. The molecule has 0 aliphatic rings. The smallest absolute Gasteiger partial charge is 0.340 e. The number of H-pyrrole nitrogens is 1. The van der Waals surface area contributed by atoms with E-state index >= 15 is 0 Å². The molecule has 7 nitrogen and oxygen atoms in total. The van der Waals surface area contributed by atoms with Crippen LogP contribution in [0.3, 0.4) is 0 Å². The zero-order valence-corrected chi connectivity index (χ0v) is 12.9. The maximum Gasteiger partial charge on any atom is 0.340 e. The van der Waals surface area contributed by atoms with Crippen molar-refractivity contribution < 1.29 is 18.3 Å². The average molecular weight is 303 g/mol. The van der Waals surface area contributed by atoms with Gasteiger partial charge < -0.3 is 5.11 Å². The molecule has 20 heavy (non-hydrogen) atoms. The Morgan fingerprint density at radius 3 is 2.20 bits per heavy atom. The number of hydrogen-bond donors (Lipinski definition) is 2. The van der Waals surface area contributed by atoms with E-state index in [1.54, 1.807) is 0 Å². The lowest BCUT2D eigenvalue weighted by atomic mass is 10.2. The highest BCUT2D eigenvalue weighted by Crippen LogP contribution is 2.20. The van der Waals surface area contributed by atoms with Crippen molar-refractivity contribution in [2.45, 2.75) is 32.7 Å². The summed E-state index contributed by atoms with van der Waals surface area (Å²) in [5.41, 5.74) is -0.331. The number of aromatic carboxylic acids is 1. The molecule has 0 radical (unpaired) electrons. The number of sulfonamides is 1. The first-order valence-corrected chi connectivity index (χ1v) is 7.87. The highest BCUT2D eigenvalue weighted by molar-refractivity contribution is 7.89. The second-order valence-corrected chi connectivity index (χ2v) is 7.40. The fourth-order valence-electron chi connectivity index (χ4n) is 1.84. The second-order valence-electron chi connectivity index (χ2n) is 5.53. The van der Waals surface area contributed by atoms with Crippen molar-refractivity contribution in [3.63, 3.8) is 0 Å². The molecule has 0 aliphatic carbocycles. The van der Waals surface area contributed by atoms with Gasteiger partial charge in [0.25, 0.3) is 10.0 Å². The molecule has 1 aromatic heterocycles. The molecule has 2 N–H and O–H groups in total. The molecule has 1 heterocycles. The number of carboxylic acid groups (broad SMARTS) is 1. The molecule has 0 saturated carbocycles. The normalized spacial score (nSPS) is 12.6. The lowest BCUT2D eigenvalue weighted by molar-refractivity contribution is 0.0692. The van der Waals surface area contributed by atoms with Crippen LogP contribution in [-0.2, 0) is 10.0 Å². The van der Waals surface area contributed by atoms with E-state index in [2.05, 4.69) is 10.2 Å². The van der Waals surface area contributed by atoms with Gasteiger partial charge in [0.2, 0.25) is 0 Å². The zero-order valence-electron chi connectivity index (χ0n) is 12.1. The standard InChI is InChI=1S/C12H21N3O4S/c1-8(2)6-15(7-9(3)4)20(18,19)11-10(12(16)17)5-13-14-11/h5,8-9H,6-7H2,1-4H3,(H,13,14)(H,16,17). The Bertz CT molecular complexity index is 553. The predicted molar refractivity (Wildman–Crippen MR) is 74.0 cm³/mol. The molecule has 1 rings (SSSR count). The van der Waals surface area contributed by atoms with Gasteiger partial charge in [-0.3, -0.25) is 5.10 Å². The third-order valence-electron chi connectivity index (χ3n) is 2.57. The third kappa shape index (κ3) is 3.80. The van der Waals surface area contributed by atoms with Gasteiger partial charge in [-0.05, 0) is 11.8 Å². The molecule has 1 aromatic rings. The summed E-state index contributed by atoms with van der Waals surface area (Å²) >= 11 is 0. The summed E-state index contributed by atoms with van der Waals surface area (Å²) in [4.78, 5) is 11.1. The number of aromatic nitrogens is 2. The van der Waals surface area contributed by atoms with Crippen LogP contribution in [0.15, 0.2) is 11.2 Å². The minimum absolute atomic E-state index is 0.139. The zero-order chi connectivity index (χ0) is 15.5. The van der Waals surface area contributed by atoms with E-state index < -0.39 is 16.0 Å². The molecule has 0 bridgehead atoms. The number of rotatable bonds is 7. The molecule has 0 saturated heterocycles. The number of carbonyl (C=O) groups is 1. The first-order chi connectivity index (χ1) is 9.16. The minimum Gasteiger partial charge on any atom is -0.478 e. The molecule has 0 atom stereocenters. The van der Waals surface area contributed by atoms with Crippen LogP contribution in [0, 0.1) is 11.8 Å². The van der Waals surface area contributed by atoms with Crippen LogP contribution in [0.4, 0.5) is 0 Å². The Labute approximate surface area is 119 Å². The minimum atomic E-state index is -3.89. The van der Waals surface area contributed by atoms with Crippen molar-refractivity contribution in [1.29, 1.82) is 0 Å².